The van der Waals surface area contributed by atoms with E-state index >= 15 is 0 Å². The van der Waals surface area contributed by atoms with Gasteiger partial charge in [0.05, 0.1) is 11.0 Å². The molecule has 3 N–H and O–H groups in total. The quantitative estimate of drug-likeness (QED) is 0.796. The number of para-hydroxylation sites is 1. The van der Waals surface area contributed by atoms with Crippen LogP contribution in [0.15, 0.2) is 27.9 Å². The van der Waals surface area contributed by atoms with Gasteiger partial charge in [-0.2, -0.15) is 0 Å². The van der Waals surface area contributed by atoms with E-state index in [2.05, 4.69) is 4.98 Å². The molecule has 2 heterocycles. The minimum absolute atomic E-state index is 0.0899. The number of likely N-dealkylation sites (tertiary alicyclic amines) is 1. The van der Waals surface area contributed by atoms with Crippen LogP contribution in [0.25, 0.3) is 11.0 Å². The third kappa shape index (κ3) is 4.01. The summed E-state index contributed by atoms with van der Waals surface area (Å²) in [5.41, 5.74) is -0.273. The van der Waals surface area contributed by atoms with Crippen LogP contribution in [0.5, 0.6) is 0 Å². The number of hydrogen-bond acceptors (Lipinski definition) is 5. The summed E-state index contributed by atoms with van der Waals surface area (Å²) < 4.78 is 30.7. The molecule has 0 unspecified atom stereocenters. The van der Waals surface area contributed by atoms with Crippen LogP contribution >= 0.6 is 0 Å². The molecule has 0 bridgehead atoms. The number of H-pyrrole nitrogens is 1. The van der Waals surface area contributed by atoms with Crippen molar-refractivity contribution in [2.45, 2.75) is 50.2 Å². The summed E-state index contributed by atoms with van der Waals surface area (Å²) in [6, 6.07) is 4.32. The van der Waals surface area contributed by atoms with Crippen molar-refractivity contribution >= 4 is 27.1 Å². The first-order valence-corrected chi connectivity index (χ1v) is 10.3. The van der Waals surface area contributed by atoms with Gasteiger partial charge < -0.3 is 14.6 Å². The fourth-order valence-corrected chi connectivity index (χ4v) is 4.11. The van der Waals surface area contributed by atoms with Crippen LogP contribution in [0, 0.1) is 0 Å². The number of nitrogens with zero attached hydrogens (tertiary/aromatic N) is 2. The van der Waals surface area contributed by atoms with E-state index in [1.807, 2.05) is 0 Å². The molecule has 3 rings (SSSR count). The number of imidazole rings is 1. The molecule has 9 nitrogen and oxygen atoms in total. The van der Waals surface area contributed by atoms with Crippen molar-refractivity contribution in [3.63, 3.8) is 0 Å². The van der Waals surface area contributed by atoms with Gasteiger partial charge in [-0.15, -0.1) is 0 Å². The van der Waals surface area contributed by atoms with E-state index in [4.69, 9.17) is 9.88 Å². The summed E-state index contributed by atoms with van der Waals surface area (Å²) in [5, 5.41) is 5.32. The minimum atomic E-state index is -3.99. The van der Waals surface area contributed by atoms with E-state index in [0.717, 1.165) is 0 Å². The van der Waals surface area contributed by atoms with Gasteiger partial charge in [0.2, 0.25) is 10.0 Å². The maximum Gasteiger partial charge on any atom is 0.410 e. The predicted octanol–water partition coefficient (Wildman–Crippen LogP) is 1.55. The average molecular weight is 396 g/mol. The van der Waals surface area contributed by atoms with Crippen LogP contribution in [-0.4, -0.2) is 47.7 Å². The topological polar surface area (TPSA) is 127 Å². The Morgan fingerprint density at radius 3 is 2.44 bits per heavy atom. The summed E-state index contributed by atoms with van der Waals surface area (Å²) in [4.78, 5) is 28.9. The molecule has 1 aliphatic heterocycles. The molecule has 0 aliphatic carbocycles. The second-order valence-corrected chi connectivity index (χ2v) is 9.23. The highest BCUT2D eigenvalue weighted by Gasteiger charge is 2.30. The number of hydrogen-bond donors (Lipinski definition) is 2. The summed E-state index contributed by atoms with van der Waals surface area (Å²) >= 11 is 0. The number of amides is 1. The number of carbonyl (C=O) groups excluding carboxylic acids is 1. The molecule has 1 fully saturated rings. The molecule has 1 saturated heterocycles. The molecule has 2 aromatic rings. The van der Waals surface area contributed by atoms with Gasteiger partial charge in [-0.3, -0.25) is 4.57 Å². The molecule has 27 heavy (non-hydrogen) atoms. The number of aromatic amines is 1. The van der Waals surface area contributed by atoms with E-state index in [0.29, 0.717) is 31.4 Å². The maximum atomic E-state index is 12.5. The lowest BCUT2D eigenvalue weighted by molar-refractivity contribution is 0.0189. The summed E-state index contributed by atoms with van der Waals surface area (Å²) in [6.45, 7) is 6.24. The van der Waals surface area contributed by atoms with Gasteiger partial charge in [0.15, 0.2) is 0 Å². The Morgan fingerprint density at radius 1 is 1.26 bits per heavy atom. The Balaban J connectivity index is 1.89. The number of nitrogens with two attached hydrogens (primary N) is 1. The first kappa shape index (κ1) is 19.4. The summed E-state index contributed by atoms with van der Waals surface area (Å²) in [5.74, 6) is 0. The number of nitrogens with one attached hydrogen (secondary N) is 1. The number of fused-ring (bicyclic) bond motifs is 1. The number of sulfonamides is 1. The van der Waals surface area contributed by atoms with Crippen LogP contribution in [0.2, 0.25) is 0 Å². The van der Waals surface area contributed by atoms with Crippen molar-refractivity contribution in [2.24, 2.45) is 5.14 Å². The average Bonchev–Trinajstić information content (AvgIpc) is 2.88. The van der Waals surface area contributed by atoms with Crippen LogP contribution in [0.3, 0.4) is 0 Å². The summed E-state index contributed by atoms with van der Waals surface area (Å²) in [7, 11) is -3.99. The van der Waals surface area contributed by atoms with Crippen molar-refractivity contribution in [2.75, 3.05) is 13.1 Å². The molecule has 10 heteroatoms. The van der Waals surface area contributed by atoms with Crippen LogP contribution in [-0.2, 0) is 14.8 Å². The second kappa shape index (κ2) is 6.68. The number of carbonyl (C=O) groups is 1. The fourth-order valence-electron chi connectivity index (χ4n) is 3.36. The first-order valence-electron chi connectivity index (χ1n) is 8.71. The molecular formula is C17H24N4O5S. The largest absolute Gasteiger partial charge is 0.444 e. The Morgan fingerprint density at radius 2 is 1.89 bits per heavy atom. The molecule has 1 amide bonds. The standard InChI is InChI=1S/C17H24N4O5S/c1-17(2,3)26-16(23)20-9-7-11(8-10-20)21-14-12(19-15(21)22)5-4-6-13(14)27(18,24)25/h4-6,11H,7-10H2,1-3H3,(H,19,22)(H2,18,24,25). The molecule has 148 valence electrons. The number of piperidine rings is 1. The smallest absolute Gasteiger partial charge is 0.410 e. The third-order valence-corrected chi connectivity index (χ3v) is 5.43. The van der Waals surface area contributed by atoms with Crippen molar-refractivity contribution in [1.29, 1.82) is 0 Å². The zero-order chi connectivity index (χ0) is 20.0. The van der Waals surface area contributed by atoms with Gasteiger partial charge in [-0.25, -0.2) is 23.1 Å². The molecule has 0 saturated carbocycles. The Labute approximate surface area is 157 Å². The Hall–Kier alpha value is -2.33. The molecule has 1 aromatic heterocycles. The Bertz CT molecular complexity index is 1020. The lowest BCUT2D eigenvalue weighted by Gasteiger charge is -2.33. The minimum Gasteiger partial charge on any atom is -0.444 e. The molecule has 1 aromatic carbocycles. The van der Waals surface area contributed by atoms with Crippen molar-refractivity contribution in [3.8, 4) is 0 Å². The van der Waals surface area contributed by atoms with E-state index < -0.39 is 27.4 Å². The van der Waals surface area contributed by atoms with Crippen molar-refractivity contribution < 1.29 is 17.9 Å². The number of ether oxygens (including phenoxy) is 1. The van der Waals surface area contributed by atoms with E-state index in [-0.39, 0.29) is 16.5 Å². The Kier molecular flexibility index (Phi) is 4.81. The second-order valence-electron chi connectivity index (χ2n) is 7.70. The van der Waals surface area contributed by atoms with Crippen molar-refractivity contribution in [1.82, 2.24) is 14.5 Å². The zero-order valence-electron chi connectivity index (χ0n) is 15.6. The molecule has 0 spiro atoms. The van der Waals surface area contributed by atoms with E-state index in [1.54, 1.807) is 31.7 Å². The lowest BCUT2D eigenvalue weighted by atomic mass is 10.0. The van der Waals surface area contributed by atoms with Crippen LogP contribution in [0.1, 0.15) is 39.7 Å². The monoisotopic (exact) mass is 396 g/mol. The first-order chi connectivity index (χ1) is 12.5. The predicted molar refractivity (Wildman–Crippen MR) is 100 cm³/mol. The van der Waals surface area contributed by atoms with Crippen LogP contribution in [0.4, 0.5) is 4.79 Å². The number of benzene rings is 1. The molecule has 0 radical (unpaired) electrons. The third-order valence-electron chi connectivity index (χ3n) is 4.49. The highest BCUT2D eigenvalue weighted by atomic mass is 32.2. The van der Waals surface area contributed by atoms with Gasteiger partial charge in [0.25, 0.3) is 0 Å². The van der Waals surface area contributed by atoms with Gasteiger partial charge in [0, 0.05) is 19.1 Å². The summed E-state index contributed by atoms with van der Waals surface area (Å²) in [6.07, 6.45) is 0.619. The van der Waals surface area contributed by atoms with Gasteiger partial charge in [-0.05, 0) is 45.7 Å². The molecule has 0 atom stereocenters. The number of aromatic nitrogens is 2. The molecule has 1 aliphatic rings. The SMILES string of the molecule is CC(C)(C)OC(=O)N1CCC(n2c(=O)[nH]c3cccc(S(N)(=O)=O)c32)CC1. The number of rotatable bonds is 2. The van der Waals surface area contributed by atoms with E-state index in [1.165, 1.54) is 16.7 Å². The van der Waals surface area contributed by atoms with Gasteiger partial charge in [0.1, 0.15) is 10.5 Å². The van der Waals surface area contributed by atoms with Gasteiger partial charge in [-0.1, -0.05) is 6.07 Å². The fraction of sp³-hybridized carbons (Fsp3) is 0.529. The lowest BCUT2D eigenvalue weighted by Crippen LogP contribution is -2.43. The zero-order valence-corrected chi connectivity index (χ0v) is 16.4. The number of primary sulfonamides is 1. The van der Waals surface area contributed by atoms with Crippen LogP contribution < -0.4 is 10.8 Å². The highest BCUT2D eigenvalue weighted by Crippen LogP contribution is 2.28. The normalized spacial score (nSPS) is 16.7. The van der Waals surface area contributed by atoms with E-state index in [9.17, 15) is 18.0 Å². The maximum absolute atomic E-state index is 12.5. The molecular weight excluding hydrogens is 372 g/mol. The van der Waals surface area contributed by atoms with Crippen molar-refractivity contribution in [3.05, 3.63) is 28.7 Å². The highest BCUT2D eigenvalue weighted by molar-refractivity contribution is 7.89. The van der Waals surface area contributed by atoms with Gasteiger partial charge >= 0.3 is 11.8 Å².